The maximum atomic E-state index is 10.7. The van der Waals surface area contributed by atoms with Crippen LogP contribution in [0.1, 0.15) is 18.4 Å². The Morgan fingerprint density at radius 1 is 1.44 bits per heavy atom. The molecule has 1 N–H and O–H groups in total. The number of hydrogen-bond acceptors (Lipinski definition) is 4. The Hall–Kier alpha value is -2.11. The number of aliphatic carboxylic acids is 1. The predicted octanol–water partition coefficient (Wildman–Crippen LogP) is 2.20. The molecule has 1 rings (SSSR count). The first-order chi connectivity index (χ1) is 8.40. The van der Waals surface area contributed by atoms with Gasteiger partial charge in [-0.3, -0.25) is 14.9 Å². The van der Waals surface area contributed by atoms with Crippen molar-refractivity contribution in [3.63, 3.8) is 0 Å². The molecular formula is C12H16N2O4. The SMILES string of the molecule is Cc1cc(N(C)CCCC(=O)O)cc([N+](=O)[O-])c1. The normalized spacial score (nSPS) is 10.1. The van der Waals surface area contributed by atoms with E-state index in [0.717, 1.165) is 11.3 Å². The third-order valence-corrected chi connectivity index (χ3v) is 2.58. The van der Waals surface area contributed by atoms with Gasteiger partial charge in [-0.1, -0.05) is 0 Å². The molecule has 0 unspecified atom stereocenters. The van der Waals surface area contributed by atoms with E-state index in [4.69, 9.17) is 5.11 Å². The summed E-state index contributed by atoms with van der Waals surface area (Å²) in [7, 11) is 1.79. The maximum Gasteiger partial charge on any atom is 0.303 e. The molecule has 6 nitrogen and oxygen atoms in total. The van der Waals surface area contributed by atoms with Gasteiger partial charge in [0.1, 0.15) is 0 Å². The van der Waals surface area contributed by atoms with Crippen molar-refractivity contribution in [2.45, 2.75) is 19.8 Å². The molecule has 0 amide bonds. The van der Waals surface area contributed by atoms with Gasteiger partial charge in [0.15, 0.2) is 0 Å². The number of carbonyl (C=O) groups is 1. The lowest BCUT2D eigenvalue weighted by Crippen LogP contribution is -2.19. The van der Waals surface area contributed by atoms with Crippen molar-refractivity contribution in [3.05, 3.63) is 33.9 Å². The zero-order valence-corrected chi connectivity index (χ0v) is 10.4. The van der Waals surface area contributed by atoms with Gasteiger partial charge in [0, 0.05) is 37.8 Å². The summed E-state index contributed by atoms with van der Waals surface area (Å²) >= 11 is 0. The molecule has 0 aliphatic carbocycles. The van der Waals surface area contributed by atoms with Crippen LogP contribution in [0.4, 0.5) is 11.4 Å². The number of nitro benzene ring substituents is 1. The zero-order valence-electron chi connectivity index (χ0n) is 10.4. The van der Waals surface area contributed by atoms with Gasteiger partial charge < -0.3 is 10.0 Å². The van der Waals surface area contributed by atoms with E-state index in [2.05, 4.69) is 0 Å². The monoisotopic (exact) mass is 252 g/mol. The molecule has 0 atom stereocenters. The molecule has 0 saturated heterocycles. The van der Waals surface area contributed by atoms with Crippen LogP contribution in [0.2, 0.25) is 0 Å². The topological polar surface area (TPSA) is 83.7 Å². The third kappa shape index (κ3) is 4.04. The van der Waals surface area contributed by atoms with Gasteiger partial charge in [0.2, 0.25) is 0 Å². The average Bonchev–Trinajstić information content (AvgIpc) is 2.27. The van der Waals surface area contributed by atoms with Crippen LogP contribution in [0.15, 0.2) is 18.2 Å². The first kappa shape index (κ1) is 14.0. The van der Waals surface area contributed by atoms with E-state index in [0.29, 0.717) is 13.0 Å². The van der Waals surface area contributed by atoms with Crippen molar-refractivity contribution in [3.8, 4) is 0 Å². The number of rotatable bonds is 6. The Morgan fingerprint density at radius 2 is 2.11 bits per heavy atom. The number of nitro groups is 1. The molecular weight excluding hydrogens is 236 g/mol. The first-order valence-corrected chi connectivity index (χ1v) is 5.59. The molecule has 0 fully saturated rings. The lowest BCUT2D eigenvalue weighted by atomic mass is 10.1. The van der Waals surface area contributed by atoms with Gasteiger partial charge in [-0.25, -0.2) is 0 Å². The van der Waals surface area contributed by atoms with Crippen molar-refractivity contribution in [1.29, 1.82) is 0 Å². The lowest BCUT2D eigenvalue weighted by molar-refractivity contribution is -0.384. The molecule has 98 valence electrons. The molecule has 0 aliphatic rings. The number of anilines is 1. The van der Waals surface area contributed by atoms with Crippen molar-refractivity contribution >= 4 is 17.3 Å². The molecule has 1 aromatic carbocycles. The predicted molar refractivity (Wildman–Crippen MR) is 68.0 cm³/mol. The summed E-state index contributed by atoms with van der Waals surface area (Å²) in [5.74, 6) is -0.835. The molecule has 0 spiro atoms. The summed E-state index contributed by atoms with van der Waals surface area (Å²) in [6, 6.07) is 4.84. The zero-order chi connectivity index (χ0) is 13.7. The van der Waals surface area contributed by atoms with Crippen molar-refractivity contribution < 1.29 is 14.8 Å². The van der Waals surface area contributed by atoms with E-state index >= 15 is 0 Å². The molecule has 0 bridgehead atoms. The molecule has 0 aromatic heterocycles. The minimum Gasteiger partial charge on any atom is -0.481 e. The number of aryl methyl sites for hydroxylation is 1. The summed E-state index contributed by atoms with van der Waals surface area (Å²) in [5.41, 5.74) is 1.59. The van der Waals surface area contributed by atoms with Crippen molar-refractivity contribution in [2.24, 2.45) is 0 Å². The van der Waals surface area contributed by atoms with Crippen LogP contribution in [0.3, 0.4) is 0 Å². The number of carboxylic acids is 1. The minimum atomic E-state index is -0.835. The Labute approximate surface area is 105 Å². The van der Waals surface area contributed by atoms with Crippen molar-refractivity contribution in [2.75, 3.05) is 18.5 Å². The Bertz CT molecular complexity index is 459. The van der Waals surface area contributed by atoms with Gasteiger partial charge in [-0.05, 0) is 25.0 Å². The van der Waals surface area contributed by atoms with Crippen LogP contribution in [-0.2, 0) is 4.79 Å². The van der Waals surface area contributed by atoms with E-state index < -0.39 is 10.9 Å². The van der Waals surface area contributed by atoms with Crippen LogP contribution in [0, 0.1) is 17.0 Å². The molecule has 6 heteroatoms. The number of hydrogen-bond donors (Lipinski definition) is 1. The van der Waals surface area contributed by atoms with E-state index in [9.17, 15) is 14.9 Å². The Kier molecular flexibility index (Phi) is 4.65. The molecule has 0 saturated carbocycles. The summed E-state index contributed by atoms with van der Waals surface area (Å²) in [4.78, 5) is 22.5. The second-order valence-corrected chi connectivity index (χ2v) is 4.20. The standard InChI is InChI=1S/C12H16N2O4/c1-9-6-10(8-11(7-9)14(17)18)13(2)5-3-4-12(15)16/h6-8H,3-5H2,1-2H3,(H,15,16). The molecule has 18 heavy (non-hydrogen) atoms. The third-order valence-electron chi connectivity index (χ3n) is 2.58. The van der Waals surface area contributed by atoms with E-state index in [1.54, 1.807) is 14.0 Å². The highest BCUT2D eigenvalue weighted by atomic mass is 16.6. The molecule has 0 heterocycles. The maximum absolute atomic E-state index is 10.7. The number of nitrogens with zero attached hydrogens (tertiary/aromatic N) is 2. The number of carboxylic acid groups (broad SMARTS) is 1. The highest BCUT2D eigenvalue weighted by Gasteiger charge is 2.10. The largest absolute Gasteiger partial charge is 0.481 e. The Morgan fingerprint density at radius 3 is 2.67 bits per heavy atom. The smallest absolute Gasteiger partial charge is 0.303 e. The fourth-order valence-corrected chi connectivity index (χ4v) is 1.67. The van der Waals surface area contributed by atoms with Crippen LogP contribution in [0.25, 0.3) is 0 Å². The van der Waals surface area contributed by atoms with E-state index in [1.807, 2.05) is 11.0 Å². The second kappa shape index (κ2) is 6.00. The first-order valence-electron chi connectivity index (χ1n) is 5.59. The highest BCUT2D eigenvalue weighted by molar-refractivity contribution is 5.66. The average molecular weight is 252 g/mol. The van der Waals surface area contributed by atoms with Crippen LogP contribution in [-0.4, -0.2) is 29.6 Å². The minimum absolute atomic E-state index is 0.0510. The van der Waals surface area contributed by atoms with Gasteiger partial charge >= 0.3 is 5.97 Å². The van der Waals surface area contributed by atoms with Crippen LogP contribution in [0.5, 0.6) is 0 Å². The van der Waals surface area contributed by atoms with Gasteiger partial charge in [-0.15, -0.1) is 0 Å². The fraction of sp³-hybridized carbons (Fsp3) is 0.417. The van der Waals surface area contributed by atoms with Crippen molar-refractivity contribution in [1.82, 2.24) is 0 Å². The van der Waals surface area contributed by atoms with Gasteiger partial charge in [-0.2, -0.15) is 0 Å². The van der Waals surface area contributed by atoms with Gasteiger partial charge in [0.25, 0.3) is 5.69 Å². The summed E-state index contributed by atoms with van der Waals surface area (Å²) in [6.07, 6.45) is 0.603. The van der Waals surface area contributed by atoms with Crippen LogP contribution < -0.4 is 4.90 Å². The van der Waals surface area contributed by atoms with Crippen LogP contribution >= 0.6 is 0 Å². The van der Waals surface area contributed by atoms with E-state index in [-0.39, 0.29) is 12.1 Å². The number of benzene rings is 1. The Balaban J connectivity index is 2.75. The summed E-state index contributed by atoms with van der Waals surface area (Å²) in [6.45, 7) is 2.34. The summed E-state index contributed by atoms with van der Waals surface area (Å²) < 4.78 is 0. The summed E-state index contributed by atoms with van der Waals surface area (Å²) in [5, 5.41) is 19.3. The van der Waals surface area contributed by atoms with E-state index in [1.165, 1.54) is 12.1 Å². The van der Waals surface area contributed by atoms with Gasteiger partial charge in [0.05, 0.1) is 4.92 Å². The lowest BCUT2D eigenvalue weighted by Gasteiger charge is -2.19. The quantitative estimate of drug-likeness (QED) is 0.619. The molecule has 0 radical (unpaired) electrons. The molecule has 1 aromatic rings. The number of non-ortho nitro benzene ring substituents is 1. The highest BCUT2D eigenvalue weighted by Crippen LogP contribution is 2.23. The molecule has 0 aliphatic heterocycles. The fourth-order valence-electron chi connectivity index (χ4n) is 1.67. The second-order valence-electron chi connectivity index (χ2n) is 4.20.